The Morgan fingerprint density at radius 2 is 1.62 bits per heavy atom. The van der Waals surface area contributed by atoms with Crippen LogP contribution in [0.1, 0.15) is 105 Å². The van der Waals surface area contributed by atoms with E-state index >= 15 is 0 Å². The lowest BCUT2D eigenvalue weighted by Gasteiger charge is -2.56. The number of carbonyl (C=O) groups is 2. The van der Waals surface area contributed by atoms with E-state index in [-0.39, 0.29) is 16.8 Å². The van der Waals surface area contributed by atoms with Gasteiger partial charge in [0, 0.05) is 0 Å². The molecule has 0 bridgehead atoms. The molecule has 0 radical (unpaired) electrons. The van der Waals surface area contributed by atoms with Crippen LogP contribution in [0.25, 0.3) is 0 Å². The molecule has 2 fully saturated rings. The van der Waals surface area contributed by atoms with E-state index in [1.54, 1.807) is 0 Å². The fraction of sp³-hybridized carbons (Fsp3) is 0.920. The Hall–Kier alpha value is -1.06. The van der Waals surface area contributed by atoms with E-state index in [2.05, 4.69) is 34.6 Å². The lowest BCUT2D eigenvalue weighted by Crippen LogP contribution is -2.50. The molecule has 5 atom stereocenters. The maximum atomic E-state index is 12.8. The van der Waals surface area contributed by atoms with Gasteiger partial charge in [0.15, 0.2) is 0 Å². The summed E-state index contributed by atoms with van der Waals surface area (Å²) in [5.41, 5.74) is 0.334. The summed E-state index contributed by atoms with van der Waals surface area (Å²) in [6.45, 7) is 12.2. The molecule has 0 heterocycles. The normalized spacial score (nSPS) is 34.5. The summed E-state index contributed by atoms with van der Waals surface area (Å²) in [7, 11) is 0. The van der Waals surface area contributed by atoms with Crippen LogP contribution < -0.4 is 0 Å². The van der Waals surface area contributed by atoms with Gasteiger partial charge < -0.3 is 9.84 Å². The number of hydrogen-bond donors (Lipinski definition) is 1. The van der Waals surface area contributed by atoms with Gasteiger partial charge in [0.2, 0.25) is 0 Å². The molecule has 0 saturated heterocycles. The lowest BCUT2D eigenvalue weighted by molar-refractivity contribution is -0.165. The third-order valence-corrected chi connectivity index (χ3v) is 8.89. The molecule has 4 heteroatoms. The van der Waals surface area contributed by atoms with Gasteiger partial charge in [-0.25, -0.2) is 0 Å². The highest BCUT2D eigenvalue weighted by molar-refractivity contribution is 5.81. The van der Waals surface area contributed by atoms with E-state index in [0.29, 0.717) is 31.3 Å². The predicted octanol–water partition coefficient (Wildman–Crippen LogP) is 6.47. The number of rotatable bonds is 9. The minimum atomic E-state index is -0.849. The highest BCUT2D eigenvalue weighted by Crippen LogP contribution is 2.58. The summed E-state index contributed by atoms with van der Waals surface area (Å²) in [6, 6.07) is 0. The summed E-state index contributed by atoms with van der Waals surface area (Å²) >= 11 is 0. The number of esters is 1. The first kappa shape index (κ1) is 24.2. The van der Waals surface area contributed by atoms with E-state index in [1.807, 2.05) is 0 Å². The fourth-order valence-corrected chi connectivity index (χ4v) is 6.01. The van der Waals surface area contributed by atoms with Crippen molar-refractivity contribution >= 4 is 11.9 Å². The highest BCUT2D eigenvalue weighted by Gasteiger charge is 2.52. The van der Waals surface area contributed by atoms with Crippen LogP contribution in [0, 0.1) is 34.5 Å². The first-order valence-corrected chi connectivity index (χ1v) is 12.0. The number of aliphatic carboxylic acids is 1. The Balaban J connectivity index is 2.00. The Bertz CT molecular complexity index is 555. The number of hydrogen-bond acceptors (Lipinski definition) is 3. The van der Waals surface area contributed by atoms with Crippen molar-refractivity contribution in [2.75, 3.05) is 6.61 Å². The molecular formula is C25H44O4. The third kappa shape index (κ3) is 5.35. The molecule has 0 aliphatic heterocycles. The van der Waals surface area contributed by atoms with Crippen LogP contribution in [0.2, 0.25) is 0 Å². The maximum absolute atomic E-state index is 12.8. The van der Waals surface area contributed by atoms with Crippen molar-refractivity contribution in [2.45, 2.75) is 105 Å². The van der Waals surface area contributed by atoms with Crippen molar-refractivity contribution in [1.82, 2.24) is 0 Å². The smallest absolute Gasteiger partial charge is 0.309 e. The first-order valence-electron chi connectivity index (χ1n) is 12.0. The van der Waals surface area contributed by atoms with E-state index < -0.39 is 17.8 Å². The van der Waals surface area contributed by atoms with Crippen molar-refractivity contribution in [3.8, 4) is 0 Å². The molecular weight excluding hydrogens is 364 g/mol. The van der Waals surface area contributed by atoms with Crippen LogP contribution >= 0.6 is 0 Å². The molecule has 29 heavy (non-hydrogen) atoms. The second-order valence-corrected chi connectivity index (χ2v) is 10.6. The molecule has 0 aromatic rings. The van der Waals surface area contributed by atoms with E-state index in [1.165, 1.54) is 38.5 Å². The number of unbranched alkanes of at least 4 members (excludes halogenated alkanes) is 3. The number of carboxylic acid groups (broad SMARTS) is 1. The molecule has 0 aromatic heterocycles. The third-order valence-electron chi connectivity index (χ3n) is 8.89. The average molecular weight is 409 g/mol. The van der Waals surface area contributed by atoms with Crippen LogP contribution in [-0.4, -0.2) is 23.7 Å². The summed E-state index contributed by atoms with van der Waals surface area (Å²) < 4.78 is 5.81. The quantitative estimate of drug-likeness (QED) is 0.351. The van der Waals surface area contributed by atoms with Gasteiger partial charge >= 0.3 is 11.9 Å². The van der Waals surface area contributed by atoms with E-state index in [4.69, 9.17) is 4.74 Å². The van der Waals surface area contributed by atoms with Crippen LogP contribution in [-0.2, 0) is 14.3 Å². The Labute approximate surface area is 178 Å². The molecule has 0 amide bonds. The van der Waals surface area contributed by atoms with E-state index in [0.717, 1.165) is 19.3 Å². The second-order valence-electron chi connectivity index (χ2n) is 10.6. The Morgan fingerprint density at radius 1 is 0.966 bits per heavy atom. The molecule has 0 spiro atoms. The van der Waals surface area contributed by atoms with Crippen LogP contribution in [0.4, 0.5) is 0 Å². The molecule has 4 nitrogen and oxygen atoms in total. The number of carboxylic acids is 1. The van der Waals surface area contributed by atoms with Crippen molar-refractivity contribution in [2.24, 2.45) is 34.5 Å². The molecule has 2 aliphatic carbocycles. The van der Waals surface area contributed by atoms with Crippen molar-refractivity contribution < 1.29 is 19.4 Å². The zero-order chi connectivity index (χ0) is 21.7. The molecule has 5 unspecified atom stereocenters. The highest BCUT2D eigenvalue weighted by atomic mass is 16.5. The van der Waals surface area contributed by atoms with E-state index in [9.17, 15) is 14.7 Å². The van der Waals surface area contributed by atoms with Crippen molar-refractivity contribution in [1.29, 1.82) is 0 Å². The molecule has 168 valence electrons. The van der Waals surface area contributed by atoms with Gasteiger partial charge in [-0.1, -0.05) is 73.1 Å². The molecule has 2 rings (SSSR count). The molecule has 2 saturated carbocycles. The van der Waals surface area contributed by atoms with Gasteiger partial charge in [0.25, 0.3) is 0 Å². The second kappa shape index (κ2) is 10.3. The van der Waals surface area contributed by atoms with Gasteiger partial charge in [0.1, 0.15) is 0 Å². The molecule has 0 aromatic carbocycles. The predicted molar refractivity (Wildman–Crippen MR) is 117 cm³/mol. The van der Waals surface area contributed by atoms with Crippen molar-refractivity contribution in [3.05, 3.63) is 0 Å². The van der Waals surface area contributed by atoms with Crippen LogP contribution in [0.5, 0.6) is 0 Å². The molecule has 1 N–H and O–H groups in total. The number of carbonyl (C=O) groups excluding carboxylic acids is 1. The van der Waals surface area contributed by atoms with Gasteiger partial charge in [-0.2, -0.15) is 0 Å². The molecule has 2 aliphatic rings. The van der Waals surface area contributed by atoms with Crippen LogP contribution in [0.3, 0.4) is 0 Å². The Morgan fingerprint density at radius 3 is 2.24 bits per heavy atom. The SMILES string of the molecule is CCCCCCC1(C)C(C)CCC(COC(=O)C2CCCCC2C(=O)O)C1(C)C. The van der Waals surface area contributed by atoms with Gasteiger partial charge in [-0.3, -0.25) is 9.59 Å². The van der Waals surface area contributed by atoms with Gasteiger partial charge in [-0.05, 0) is 54.8 Å². The Kier molecular flexibility index (Phi) is 8.60. The average Bonchev–Trinajstić information content (AvgIpc) is 2.69. The summed E-state index contributed by atoms with van der Waals surface area (Å²) in [5.74, 6) is -1.16. The maximum Gasteiger partial charge on any atom is 0.309 e. The zero-order valence-electron chi connectivity index (χ0n) is 19.5. The standard InChI is InChI=1S/C25H44O4/c1-6-7-8-11-16-25(5)18(2)14-15-19(24(25,3)4)17-29-23(28)21-13-10-9-12-20(21)22(26)27/h18-21H,6-17H2,1-5H3,(H,26,27). The zero-order valence-corrected chi connectivity index (χ0v) is 19.5. The first-order chi connectivity index (χ1) is 13.6. The topological polar surface area (TPSA) is 63.6 Å². The monoisotopic (exact) mass is 408 g/mol. The fourth-order valence-electron chi connectivity index (χ4n) is 6.01. The summed E-state index contributed by atoms with van der Waals surface area (Å²) in [4.78, 5) is 24.3. The number of ether oxygens (including phenoxy) is 1. The van der Waals surface area contributed by atoms with Gasteiger partial charge in [-0.15, -0.1) is 0 Å². The van der Waals surface area contributed by atoms with Gasteiger partial charge in [0.05, 0.1) is 18.4 Å². The minimum absolute atomic E-state index is 0.0932. The summed E-state index contributed by atoms with van der Waals surface area (Å²) in [5, 5.41) is 9.47. The minimum Gasteiger partial charge on any atom is -0.481 e. The van der Waals surface area contributed by atoms with Crippen molar-refractivity contribution in [3.63, 3.8) is 0 Å². The summed E-state index contributed by atoms with van der Waals surface area (Å²) in [6.07, 6.45) is 11.7. The van der Waals surface area contributed by atoms with Crippen LogP contribution in [0.15, 0.2) is 0 Å². The largest absolute Gasteiger partial charge is 0.481 e. The lowest BCUT2D eigenvalue weighted by atomic mass is 9.49.